The normalized spacial score (nSPS) is 27.4. The molecule has 0 amide bonds. The zero-order chi connectivity index (χ0) is 32.1. The molecule has 2 atom stereocenters. The number of pyridine rings is 1. The number of aromatic amines is 1. The van der Waals surface area contributed by atoms with E-state index in [-0.39, 0.29) is 35.3 Å². The number of oxazole rings is 1. The summed E-state index contributed by atoms with van der Waals surface area (Å²) in [6, 6.07) is 1.65. The van der Waals surface area contributed by atoms with Gasteiger partial charge in [0.1, 0.15) is 41.2 Å². The number of H-pyrrole nitrogens is 1. The Morgan fingerprint density at radius 2 is 2.04 bits per heavy atom. The second kappa shape index (κ2) is 10.5. The predicted molar refractivity (Wildman–Crippen MR) is 170 cm³/mol. The Balaban J connectivity index is 1.23. The second-order valence-electron chi connectivity index (χ2n) is 13.8. The van der Waals surface area contributed by atoms with E-state index in [1.54, 1.807) is 24.7 Å². The van der Waals surface area contributed by atoms with Crippen LogP contribution < -0.4 is 9.64 Å². The van der Waals surface area contributed by atoms with Gasteiger partial charge in [0.05, 0.1) is 23.3 Å². The van der Waals surface area contributed by atoms with Crippen LogP contribution in [0.15, 0.2) is 29.1 Å². The molecule has 9 heterocycles. The lowest BCUT2D eigenvalue weighted by atomic mass is 9.56. The van der Waals surface area contributed by atoms with Crippen molar-refractivity contribution in [3.8, 4) is 17.3 Å². The summed E-state index contributed by atoms with van der Waals surface area (Å²) in [5.41, 5.74) is 0.620. The summed E-state index contributed by atoms with van der Waals surface area (Å²) < 4.78 is 43.4. The number of aliphatic hydroxyl groups is 1. The molecule has 14 heteroatoms. The number of alkyl halides is 1. The lowest BCUT2D eigenvalue weighted by Crippen LogP contribution is -2.57. The van der Waals surface area contributed by atoms with Crippen LogP contribution in [-0.2, 0) is 18.4 Å². The van der Waals surface area contributed by atoms with Gasteiger partial charge in [-0.2, -0.15) is 15.1 Å². The molecule has 5 aliphatic heterocycles. The van der Waals surface area contributed by atoms with Crippen molar-refractivity contribution in [1.82, 2.24) is 35.0 Å². The molecular formula is C33H33ClF2N8O3. The number of fused-ring (bicyclic) bond motifs is 1. The number of aromatic nitrogens is 6. The van der Waals surface area contributed by atoms with Crippen LogP contribution in [0.3, 0.4) is 0 Å². The number of nitrogens with one attached hydrogen (secondary N) is 1. The summed E-state index contributed by atoms with van der Waals surface area (Å²) in [5.74, 6) is 0.819. The molecule has 11 nitrogen and oxygen atoms in total. The maximum absolute atomic E-state index is 17.1. The molecule has 0 radical (unpaired) electrons. The van der Waals surface area contributed by atoms with E-state index in [2.05, 4.69) is 25.1 Å². The average Bonchev–Trinajstić information content (AvgIpc) is 3.78. The maximum atomic E-state index is 17.1. The number of likely N-dealkylation sites (N-methyl/N-ethyl adjacent to an activating group) is 1. The van der Waals surface area contributed by atoms with Crippen molar-refractivity contribution >= 4 is 39.2 Å². The fourth-order valence-electron chi connectivity index (χ4n) is 8.40. The molecule has 11 rings (SSSR count). The molecule has 1 aliphatic carbocycles. The molecule has 6 aliphatic rings. The fourth-order valence-corrected chi connectivity index (χ4v) is 8.70. The molecule has 1 spiro atoms. The molecule has 2 saturated heterocycles. The largest absolute Gasteiger partial charge is 0.462 e. The Morgan fingerprint density at radius 1 is 1.17 bits per heavy atom. The van der Waals surface area contributed by atoms with Crippen molar-refractivity contribution in [2.24, 2.45) is 5.41 Å². The Hall–Kier alpha value is -3.94. The molecule has 0 unspecified atom stereocenters. The molecule has 5 aromatic rings. The number of nitrogens with zero attached hydrogens (tertiary/aromatic N) is 7. The van der Waals surface area contributed by atoms with E-state index in [1.165, 1.54) is 0 Å². The fraction of sp³-hybridized carbons (Fsp3) is 0.485. The van der Waals surface area contributed by atoms with E-state index in [4.69, 9.17) is 30.7 Å². The summed E-state index contributed by atoms with van der Waals surface area (Å²) in [6.07, 6.45) is 7.92. The van der Waals surface area contributed by atoms with E-state index in [0.29, 0.717) is 102 Å². The van der Waals surface area contributed by atoms with Gasteiger partial charge >= 0.3 is 6.01 Å². The van der Waals surface area contributed by atoms with E-state index < -0.39 is 17.6 Å². The van der Waals surface area contributed by atoms with Crippen LogP contribution in [0.2, 0.25) is 5.02 Å². The van der Waals surface area contributed by atoms with E-state index in [1.807, 2.05) is 11.9 Å². The first-order valence-electron chi connectivity index (χ1n) is 16.1. The van der Waals surface area contributed by atoms with Crippen LogP contribution in [0, 0.1) is 11.2 Å². The van der Waals surface area contributed by atoms with E-state index >= 15 is 4.39 Å². The van der Waals surface area contributed by atoms with Crippen molar-refractivity contribution in [1.29, 1.82) is 0 Å². The highest BCUT2D eigenvalue weighted by Crippen LogP contribution is 2.58. The number of hydrogen-bond donors (Lipinski definition) is 2. The van der Waals surface area contributed by atoms with Crippen LogP contribution >= 0.6 is 11.6 Å². The Morgan fingerprint density at radius 3 is 2.87 bits per heavy atom. The average molecular weight is 663 g/mol. The summed E-state index contributed by atoms with van der Waals surface area (Å²) >= 11 is 6.86. The van der Waals surface area contributed by atoms with Crippen molar-refractivity contribution in [2.45, 2.75) is 62.8 Å². The minimum Gasteiger partial charge on any atom is -0.462 e. The van der Waals surface area contributed by atoms with Gasteiger partial charge in [-0.15, -0.1) is 0 Å². The van der Waals surface area contributed by atoms with Gasteiger partial charge < -0.3 is 19.2 Å². The highest BCUT2D eigenvalue weighted by Gasteiger charge is 2.58. The molecule has 4 aromatic heterocycles. The van der Waals surface area contributed by atoms with Crippen LogP contribution in [0.25, 0.3) is 33.1 Å². The van der Waals surface area contributed by atoms with Crippen LogP contribution in [0.5, 0.6) is 6.01 Å². The predicted octanol–water partition coefficient (Wildman–Crippen LogP) is 5.14. The van der Waals surface area contributed by atoms with Crippen LogP contribution in [0.1, 0.15) is 49.3 Å². The third-order valence-corrected chi connectivity index (χ3v) is 10.9. The summed E-state index contributed by atoms with van der Waals surface area (Å²) in [6.45, 7) is 1.79. The third kappa shape index (κ3) is 4.68. The standard InChI is InChI=1S/C33H33ClF2N8O3/c1-43-12-17(35)7-18(43)13-46-31-40-27-22-10-37-28(26(27)36)25-20(23(34)8-24-21(25)11-39-42-24)4-3-19-9-38-30(47-19)33(45)14-32(15-33)5-2-6-44(16-32)29(22)41-31/h8-11,17-18,45H,2-7,12-16H2,1H3,(H,39,42)/t17-,18+,32?,33?/m1/s1. The smallest absolute Gasteiger partial charge is 0.319 e. The van der Waals surface area contributed by atoms with E-state index in [0.717, 1.165) is 12.8 Å². The molecule has 2 N–H and O–H groups in total. The molecule has 9 bridgehead atoms. The minimum atomic E-state index is -1.17. The first-order chi connectivity index (χ1) is 22.7. The number of rotatable bonds is 3. The quantitative estimate of drug-likeness (QED) is 0.268. The van der Waals surface area contributed by atoms with Gasteiger partial charge in [0.2, 0.25) is 5.89 Å². The van der Waals surface area contributed by atoms with Gasteiger partial charge in [-0.05, 0) is 62.6 Å². The number of halogens is 3. The highest BCUT2D eigenvalue weighted by molar-refractivity contribution is 6.33. The minimum absolute atomic E-state index is 0.0219. The topological polar surface area (TPSA) is 129 Å². The number of anilines is 1. The monoisotopic (exact) mass is 662 g/mol. The molecule has 47 heavy (non-hydrogen) atoms. The van der Waals surface area contributed by atoms with Crippen LogP contribution in [0.4, 0.5) is 14.6 Å². The zero-order valence-electron chi connectivity index (χ0n) is 25.8. The third-order valence-electron chi connectivity index (χ3n) is 10.6. The molecule has 1 aromatic carbocycles. The maximum Gasteiger partial charge on any atom is 0.319 e. The number of hydrogen-bond acceptors (Lipinski definition) is 10. The highest BCUT2D eigenvalue weighted by atomic mass is 35.5. The van der Waals surface area contributed by atoms with Crippen LogP contribution in [-0.4, -0.2) is 85.6 Å². The molecule has 1 saturated carbocycles. The Bertz CT molecular complexity index is 2050. The number of ether oxygens (including phenoxy) is 1. The van der Waals surface area contributed by atoms with Gasteiger partial charge in [-0.3, -0.25) is 15.0 Å². The first-order valence-corrected chi connectivity index (χ1v) is 16.5. The van der Waals surface area contributed by atoms with Gasteiger partial charge in [0.25, 0.3) is 0 Å². The lowest BCUT2D eigenvalue weighted by Gasteiger charge is -2.56. The Labute approximate surface area is 273 Å². The SMILES string of the molecule is CN1C[C@H](F)C[C@H]1COc1nc2c3cnc(c(F)c3n1)-c1c(c(Cl)cc3[nH]ncc13)CCc1cnc(o1)C1(O)CC3(CCCN2C3)C1. The van der Waals surface area contributed by atoms with Gasteiger partial charge in [-0.25, -0.2) is 13.8 Å². The van der Waals surface area contributed by atoms with Crippen molar-refractivity contribution < 1.29 is 23.0 Å². The lowest BCUT2D eigenvalue weighted by molar-refractivity contribution is -0.154. The second-order valence-corrected chi connectivity index (χ2v) is 14.2. The van der Waals surface area contributed by atoms with Gasteiger partial charge in [0.15, 0.2) is 5.82 Å². The van der Waals surface area contributed by atoms with E-state index in [9.17, 15) is 9.50 Å². The van der Waals surface area contributed by atoms with Crippen molar-refractivity contribution in [2.75, 3.05) is 38.2 Å². The van der Waals surface area contributed by atoms with Crippen molar-refractivity contribution in [3.63, 3.8) is 0 Å². The van der Waals surface area contributed by atoms with Crippen molar-refractivity contribution in [3.05, 3.63) is 52.7 Å². The van der Waals surface area contributed by atoms with Gasteiger partial charge in [0, 0.05) is 54.3 Å². The Kier molecular flexibility index (Phi) is 6.55. The van der Waals surface area contributed by atoms with Gasteiger partial charge in [-0.1, -0.05) is 11.6 Å². The number of aryl methyl sites for hydroxylation is 1. The summed E-state index contributed by atoms with van der Waals surface area (Å²) in [7, 11) is 1.86. The number of piperidine rings is 1. The number of likely N-dealkylation sites (tertiary alicyclic amines) is 1. The first kappa shape index (κ1) is 29.2. The zero-order valence-corrected chi connectivity index (χ0v) is 26.5. The summed E-state index contributed by atoms with van der Waals surface area (Å²) in [5, 5.41) is 20.3. The molecular weight excluding hydrogens is 630 g/mol. The molecule has 3 fully saturated rings. The summed E-state index contributed by atoms with van der Waals surface area (Å²) in [4.78, 5) is 22.7. The number of benzene rings is 1. The molecule has 244 valence electrons.